The van der Waals surface area contributed by atoms with Gasteiger partial charge in [0.1, 0.15) is 11.3 Å². The van der Waals surface area contributed by atoms with E-state index in [0.717, 1.165) is 0 Å². The molecule has 4 aromatic rings. The first kappa shape index (κ1) is 17.1. The lowest BCUT2D eigenvalue weighted by Crippen LogP contribution is -2.12. The zero-order valence-corrected chi connectivity index (χ0v) is 14.8. The minimum atomic E-state index is -3.81. The number of benzene rings is 2. The number of nitrogens with zero attached hydrogens (tertiary/aromatic N) is 1. The summed E-state index contributed by atoms with van der Waals surface area (Å²) in [4.78, 5) is 17.1. The maximum atomic E-state index is 13.2. The summed E-state index contributed by atoms with van der Waals surface area (Å²) in [5.74, 6) is 0.353. The Balaban J connectivity index is 2.03. The number of primary sulfonamides is 1. The maximum absolute atomic E-state index is 13.2. The van der Waals surface area contributed by atoms with Crippen molar-refractivity contribution >= 4 is 21.0 Å². The van der Waals surface area contributed by atoms with E-state index in [1.807, 2.05) is 0 Å². The molecule has 27 heavy (non-hydrogen) atoms. The second-order valence-electron chi connectivity index (χ2n) is 5.94. The molecule has 0 bridgehead atoms. The molecule has 0 aliphatic rings. The molecule has 0 fully saturated rings. The first-order valence-corrected chi connectivity index (χ1v) is 9.59. The fourth-order valence-electron chi connectivity index (χ4n) is 2.92. The number of rotatable bonds is 3. The molecule has 2 aromatic carbocycles. The molecular formula is C20H14N2O4S. The van der Waals surface area contributed by atoms with Gasteiger partial charge in [0.2, 0.25) is 15.5 Å². The van der Waals surface area contributed by atoms with Crippen LogP contribution in [0.5, 0.6) is 0 Å². The minimum absolute atomic E-state index is 0.0140. The van der Waals surface area contributed by atoms with Crippen LogP contribution in [0, 0.1) is 0 Å². The summed E-state index contributed by atoms with van der Waals surface area (Å²) in [6.07, 6.45) is 3.19. The van der Waals surface area contributed by atoms with Gasteiger partial charge in [0.25, 0.3) is 0 Å². The lowest BCUT2D eigenvalue weighted by Gasteiger charge is -2.11. The van der Waals surface area contributed by atoms with Gasteiger partial charge in [0.15, 0.2) is 0 Å². The van der Waals surface area contributed by atoms with Gasteiger partial charge in [-0.3, -0.25) is 9.78 Å². The van der Waals surface area contributed by atoms with Crippen molar-refractivity contribution in [2.24, 2.45) is 5.14 Å². The number of nitrogens with two attached hydrogens (primary N) is 1. The first-order valence-electron chi connectivity index (χ1n) is 8.04. The quantitative estimate of drug-likeness (QED) is 0.590. The molecule has 0 aliphatic heterocycles. The SMILES string of the molecule is NS(=O)(=O)c1ccc(-c2oc3ccccc3c(=O)c2-c2ccncc2)cc1. The molecule has 0 amide bonds. The van der Waals surface area contributed by atoms with Crippen LogP contribution < -0.4 is 10.6 Å². The summed E-state index contributed by atoms with van der Waals surface area (Å²) < 4.78 is 29.0. The highest BCUT2D eigenvalue weighted by atomic mass is 32.2. The van der Waals surface area contributed by atoms with E-state index in [2.05, 4.69) is 4.98 Å². The largest absolute Gasteiger partial charge is 0.455 e. The third-order valence-electron chi connectivity index (χ3n) is 4.21. The van der Waals surface area contributed by atoms with Crippen LogP contribution in [0.1, 0.15) is 0 Å². The van der Waals surface area contributed by atoms with Crippen molar-refractivity contribution in [3.63, 3.8) is 0 Å². The van der Waals surface area contributed by atoms with Gasteiger partial charge in [0, 0.05) is 18.0 Å². The number of hydrogen-bond acceptors (Lipinski definition) is 5. The molecule has 7 heteroatoms. The van der Waals surface area contributed by atoms with Crippen LogP contribution in [0.25, 0.3) is 33.4 Å². The van der Waals surface area contributed by atoms with Gasteiger partial charge in [-0.2, -0.15) is 0 Å². The molecule has 0 aliphatic carbocycles. The third-order valence-corrected chi connectivity index (χ3v) is 5.14. The molecule has 6 nitrogen and oxygen atoms in total. The van der Waals surface area contributed by atoms with E-state index < -0.39 is 10.0 Å². The molecule has 0 saturated carbocycles. The fraction of sp³-hybridized carbons (Fsp3) is 0. The summed E-state index contributed by atoms with van der Waals surface area (Å²) in [6.45, 7) is 0. The summed E-state index contributed by atoms with van der Waals surface area (Å²) in [5.41, 5.74) is 1.89. The predicted molar refractivity (Wildman–Crippen MR) is 103 cm³/mol. The van der Waals surface area contributed by atoms with E-state index in [0.29, 0.717) is 33.4 Å². The number of hydrogen-bond donors (Lipinski definition) is 1. The molecule has 0 atom stereocenters. The highest BCUT2D eigenvalue weighted by molar-refractivity contribution is 7.89. The molecule has 0 unspecified atom stereocenters. The molecule has 4 rings (SSSR count). The lowest BCUT2D eigenvalue weighted by atomic mass is 9.99. The van der Waals surface area contributed by atoms with Gasteiger partial charge in [-0.15, -0.1) is 0 Å². The molecule has 2 aromatic heterocycles. The van der Waals surface area contributed by atoms with Crippen LogP contribution in [0.15, 0.2) is 87.2 Å². The van der Waals surface area contributed by atoms with Crippen molar-refractivity contribution in [3.05, 3.63) is 83.3 Å². The summed E-state index contributed by atoms with van der Waals surface area (Å²) in [7, 11) is -3.81. The molecule has 134 valence electrons. The van der Waals surface area contributed by atoms with Crippen LogP contribution in [0.4, 0.5) is 0 Å². The second kappa shape index (κ2) is 6.46. The van der Waals surface area contributed by atoms with Crippen LogP contribution >= 0.6 is 0 Å². The van der Waals surface area contributed by atoms with Crippen molar-refractivity contribution in [1.29, 1.82) is 0 Å². The van der Waals surface area contributed by atoms with Crippen LogP contribution in [0.3, 0.4) is 0 Å². The molecule has 2 heterocycles. The van der Waals surface area contributed by atoms with Gasteiger partial charge >= 0.3 is 0 Å². The van der Waals surface area contributed by atoms with Crippen molar-refractivity contribution in [2.75, 3.05) is 0 Å². The van der Waals surface area contributed by atoms with E-state index in [-0.39, 0.29) is 10.3 Å². The molecule has 2 N–H and O–H groups in total. The van der Waals surface area contributed by atoms with E-state index in [1.165, 1.54) is 12.1 Å². The Kier molecular flexibility index (Phi) is 4.10. The van der Waals surface area contributed by atoms with Crippen molar-refractivity contribution in [1.82, 2.24) is 4.98 Å². The summed E-state index contributed by atoms with van der Waals surface area (Å²) >= 11 is 0. The summed E-state index contributed by atoms with van der Waals surface area (Å²) in [5, 5.41) is 5.62. The Morgan fingerprint density at radius 1 is 0.852 bits per heavy atom. The lowest BCUT2D eigenvalue weighted by molar-refractivity contribution is 0.597. The van der Waals surface area contributed by atoms with Gasteiger partial charge in [0.05, 0.1) is 15.8 Å². The Morgan fingerprint density at radius 2 is 1.52 bits per heavy atom. The average Bonchev–Trinajstić information content (AvgIpc) is 2.68. The number of aromatic nitrogens is 1. The third kappa shape index (κ3) is 3.14. The zero-order chi connectivity index (χ0) is 19.0. The van der Waals surface area contributed by atoms with E-state index in [1.54, 1.807) is 60.9 Å². The second-order valence-corrected chi connectivity index (χ2v) is 7.50. The highest BCUT2D eigenvalue weighted by Crippen LogP contribution is 2.32. The van der Waals surface area contributed by atoms with Gasteiger partial charge in [-0.1, -0.05) is 12.1 Å². The molecule has 0 spiro atoms. The van der Waals surface area contributed by atoms with Crippen LogP contribution in [-0.2, 0) is 10.0 Å². The van der Waals surface area contributed by atoms with Crippen LogP contribution in [0.2, 0.25) is 0 Å². The zero-order valence-electron chi connectivity index (χ0n) is 14.0. The van der Waals surface area contributed by atoms with Gasteiger partial charge < -0.3 is 4.42 Å². The number of sulfonamides is 1. The van der Waals surface area contributed by atoms with Gasteiger partial charge in [-0.25, -0.2) is 13.6 Å². The number of pyridine rings is 1. The monoisotopic (exact) mass is 378 g/mol. The molecular weight excluding hydrogens is 364 g/mol. The maximum Gasteiger partial charge on any atom is 0.238 e. The minimum Gasteiger partial charge on any atom is -0.455 e. The average molecular weight is 378 g/mol. The van der Waals surface area contributed by atoms with Crippen molar-refractivity contribution in [3.8, 4) is 22.5 Å². The van der Waals surface area contributed by atoms with Crippen molar-refractivity contribution < 1.29 is 12.8 Å². The number of para-hydroxylation sites is 1. The van der Waals surface area contributed by atoms with Crippen LogP contribution in [-0.4, -0.2) is 13.4 Å². The Hall–Kier alpha value is -3.29. The van der Waals surface area contributed by atoms with Crippen molar-refractivity contribution in [2.45, 2.75) is 4.90 Å². The standard InChI is InChI=1S/C20H14N2O4S/c21-27(24,25)15-7-5-14(6-8-15)20-18(13-9-11-22-12-10-13)19(23)16-3-1-2-4-17(16)26-20/h1-12H,(H2,21,24,25). The highest BCUT2D eigenvalue weighted by Gasteiger charge is 2.18. The fourth-order valence-corrected chi connectivity index (χ4v) is 3.44. The smallest absolute Gasteiger partial charge is 0.238 e. The Labute approximate surface area is 155 Å². The molecule has 0 saturated heterocycles. The first-order chi connectivity index (χ1) is 12.9. The summed E-state index contributed by atoms with van der Waals surface area (Å²) in [6, 6.07) is 16.3. The number of fused-ring (bicyclic) bond motifs is 1. The molecule has 0 radical (unpaired) electrons. The van der Waals surface area contributed by atoms with Gasteiger partial charge in [-0.05, 0) is 54.1 Å². The topological polar surface area (TPSA) is 103 Å². The van der Waals surface area contributed by atoms with E-state index in [9.17, 15) is 13.2 Å². The van der Waals surface area contributed by atoms with E-state index >= 15 is 0 Å². The van der Waals surface area contributed by atoms with E-state index in [4.69, 9.17) is 9.56 Å². The normalized spacial score (nSPS) is 11.6. The Bertz CT molecular complexity index is 1300. The predicted octanol–water partition coefficient (Wildman–Crippen LogP) is 3.17. The Morgan fingerprint density at radius 3 is 2.19 bits per heavy atom.